The number of anilines is 1. The fraction of sp³-hybridized carbons (Fsp3) is 0.636. The number of fused-ring (bicyclic) bond motifs is 2. The number of aromatic nitrogens is 1. The molecule has 3 saturated heterocycles. The van der Waals surface area contributed by atoms with E-state index in [9.17, 15) is 14.7 Å². The van der Waals surface area contributed by atoms with Gasteiger partial charge in [-0.15, -0.1) is 60.3 Å². The number of likely N-dealkylation sites (N-methyl/N-ethyl adjacent to an activating group) is 1. The summed E-state index contributed by atoms with van der Waals surface area (Å²) in [6, 6.07) is -0.229. The number of hydrogen-bond donors (Lipinski definition) is 2. The van der Waals surface area contributed by atoms with Gasteiger partial charge in [0, 0.05) is 48.2 Å². The van der Waals surface area contributed by atoms with E-state index < -0.39 is 11.9 Å². The molecular formula is C22H34Cl3N7O4S2. The fourth-order valence-electron chi connectivity index (χ4n) is 6.18. The number of nitrogens with one attached hydrogen (secondary N) is 1. The number of carbonyl (C=O) groups is 2. The third kappa shape index (κ3) is 6.29. The Balaban J connectivity index is 0.00000169. The van der Waals surface area contributed by atoms with Gasteiger partial charge in [-0.05, 0) is 7.05 Å². The fourth-order valence-corrected chi connectivity index (χ4v) is 8.08. The van der Waals surface area contributed by atoms with Crippen molar-refractivity contribution in [2.75, 3.05) is 72.0 Å². The molecule has 2 unspecified atom stereocenters. The maximum Gasteiger partial charge on any atom is 0.276 e. The first kappa shape index (κ1) is 32.7. The average Bonchev–Trinajstić information content (AvgIpc) is 3.42. The summed E-state index contributed by atoms with van der Waals surface area (Å²) >= 11 is 2.87. The molecule has 16 heteroatoms. The van der Waals surface area contributed by atoms with Gasteiger partial charge in [-0.25, -0.2) is 4.98 Å². The van der Waals surface area contributed by atoms with E-state index in [4.69, 9.17) is 10.6 Å². The summed E-state index contributed by atoms with van der Waals surface area (Å²) in [5.41, 5.74) is 7.31. The first-order valence-electron chi connectivity index (χ1n) is 11.6. The van der Waals surface area contributed by atoms with Crippen LogP contribution in [-0.2, 0) is 14.4 Å². The van der Waals surface area contributed by atoms with E-state index in [-0.39, 0.29) is 54.3 Å². The second-order valence-corrected chi connectivity index (χ2v) is 12.2. The number of thioether (sulfide) groups is 1. The third-order valence-corrected chi connectivity index (χ3v) is 9.56. The summed E-state index contributed by atoms with van der Waals surface area (Å²) in [4.78, 5) is 38.3. The van der Waals surface area contributed by atoms with Gasteiger partial charge in [0.2, 0.25) is 0 Å². The van der Waals surface area contributed by atoms with E-state index >= 15 is 0 Å². The van der Waals surface area contributed by atoms with Crippen LogP contribution in [0.5, 0.6) is 0 Å². The summed E-state index contributed by atoms with van der Waals surface area (Å²) in [5.74, 6) is 0.405. The highest BCUT2D eigenvalue weighted by Crippen LogP contribution is 2.41. The Morgan fingerprint density at radius 1 is 1.26 bits per heavy atom. The first-order chi connectivity index (χ1) is 16.7. The maximum atomic E-state index is 12.9. The second kappa shape index (κ2) is 12.8. The van der Waals surface area contributed by atoms with Crippen LogP contribution in [0.3, 0.4) is 0 Å². The molecule has 0 aliphatic carbocycles. The van der Waals surface area contributed by atoms with Gasteiger partial charge >= 0.3 is 0 Å². The zero-order valence-corrected chi connectivity index (χ0v) is 25.4. The van der Waals surface area contributed by atoms with Gasteiger partial charge in [-0.3, -0.25) is 4.79 Å². The molecule has 11 nitrogen and oxygen atoms in total. The Labute approximate surface area is 249 Å². The molecule has 1 aromatic heterocycles. The quantitative estimate of drug-likeness (QED) is 0.240. The number of likely N-dealkylation sites (tertiary alicyclic amines) is 2. The monoisotopic (exact) mass is 629 g/mol. The highest BCUT2D eigenvalue weighted by Gasteiger charge is 2.50. The molecule has 3 N–H and O–H groups in total. The van der Waals surface area contributed by atoms with Gasteiger partial charge < -0.3 is 40.1 Å². The van der Waals surface area contributed by atoms with Crippen molar-refractivity contribution in [3.8, 4) is 0 Å². The molecule has 4 aliphatic rings. The third-order valence-electron chi connectivity index (χ3n) is 7.45. The van der Waals surface area contributed by atoms with Gasteiger partial charge in [-0.2, -0.15) is 0 Å². The van der Waals surface area contributed by atoms with Crippen molar-refractivity contribution in [3.05, 3.63) is 22.3 Å². The van der Waals surface area contributed by atoms with E-state index in [1.54, 1.807) is 17.1 Å². The number of hydrogen-bond acceptors (Lipinski definition) is 11. The van der Waals surface area contributed by atoms with E-state index in [0.717, 1.165) is 42.8 Å². The van der Waals surface area contributed by atoms with Crippen LogP contribution in [0.15, 0.2) is 21.8 Å². The highest BCUT2D eigenvalue weighted by molar-refractivity contribution is 8.00. The van der Waals surface area contributed by atoms with Crippen molar-refractivity contribution < 1.29 is 24.0 Å². The van der Waals surface area contributed by atoms with E-state index in [0.29, 0.717) is 40.7 Å². The Kier molecular flexibility index (Phi) is 11.0. The number of carboxylic acids is 1. The summed E-state index contributed by atoms with van der Waals surface area (Å²) < 4.78 is 0.877. The van der Waals surface area contributed by atoms with Crippen LogP contribution < -0.4 is 16.2 Å². The first-order valence-corrected chi connectivity index (χ1v) is 13.6. The number of nitrogen functional groups attached to an aromatic ring is 1. The number of carbonyl (C=O) groups excluding carboxylic acids is 2. The van der Waals surface area contributed by atoms with Crippen molar-refractivity contribution in [2.45, 2.75) is 11.4 Å². The molecule has 4 atom stereocenters. The lowest BCUT2D eigenvalue weighted by Gasteiger charge is -2.53. The molecule has 0 radical (unpaired) electrons. The van der Waals surface area contributed by atoms with Gasteiger partial charge in [0.1, 0.15) is 19.3 Å². The number of amides is 1. The number of nitrogens with zero attached hydrogens (tertiary/aromatic N) is 5. The van der Waals surface area contributed by atoms with Crippen molar-refractivity contribution in [3.63, 3.8) is 0 Å². The molecule has 0 saturated carbocycles. The van der Waals surface area contributed by atoms with Gasteiger partial charge in [0.25, 0.3) is 5.91 Å². The molecular weight excluding hydrogens is 597 g/mol. The van der Waals surface area contributed by atoms with E-state index in [2.05, 4.69) is 34.5 Å². The van der Waals surface area contributed by atoms with Crippen molar-refractivity contribution in [1.29, 1.82) is 0 Å². The largest absolute Gasteiger partial charge is 0.543 e. The van der Waals surface area contributed by atoms with Crippen molar-refractivity contribution >= 4 is 83.0 Å². The number of thiazole rings is 1. The minimum atomic E-state index is -1.14. The van der Waals surface area contributed by atoms with E-state index in [1.165, 1.54) is 18.4 Å². The predicted molar refractivity (Wildman–Crippen MR) is 154 cm³/mol. The number of nitrogens with two attached hydrogens (primary N) is 1. The number of halogens is 3. The van der Waals surface area contributed by atoms with Crippen LogP contribution in [0.2, 0.25) is 0 Å². The molecule has 38 heavy (non-hydrogen) atoms. The molecule has 3 fully saturated rings. The van der Waals surface area contributed by atoms with Gasteiger partial charge in [0.15, 0.2) is 10.8 Å². The van der Waals surface area contributed by atoms with Crippen LogP contribution in [-0.4, -0.2) is 114 Å². The number of rotatable bonds is 7. The second-order valence-electron chi connectivity index (χ2n) is 10.3. The molecule has 4 aliphatic heterocycles. The molecule has 0 aromatic carbocycles. The predicted octanol–water partition coefficient (Wildman–Crippen LogP) is -0.143. The zero-order chi connectivity index (χ0) is 24.9. The smallest absolute Gasteiger partial charge is 0.276 e. The molecule has 5 rings (SSSR count). The number of oxime groups is 1. The topological polar surface area (TPSA) is 136 Å². The standard InChI is InChI=1S/C22H31N7O4S2.3ClH/c1-27-4-12-7-29(2,8-13(12)5-27)9-14-10-34-20-15(6-28(20)18(14)21(31)32)24-19(30)17(26-33-3)16-11-35-22(23)25-16;;;/h11-13,15,20H,4-10H2,1-3H3,(H3-,23,24,25,30,31,32);3*1H/b26-17-;;;/t12?,13?,15-,20-,29?;;;/m1.../s1. The van der Waals surface area contributed by atoms with Crippen molar-refractivity contribution in [1.82, 2.24) is 20.1 Å². The van der Waals surface area contributed by atoms with Crippen LogP contribution in [0.4, 0.5) is 5.13 Å². The lowest BCUT2D eigenvalue weighted by Crippen LogP contribution is -2.68. The Morgan fingerprint density at radius 3 is 2.47 bits per heavy atom. The Bertz CT molecular complexity index is 1090. The van der Waals surface area contributed by atoms with E-state index in [1.807, 2.05) is 4.90 Å². The number of aliphatic carboxylic acids is 1. The number of carboxylic acid groups (broad SMARTS) is 1. The Morgan fingerprint density at radius 2 is 1.92 bits per heavy atom. The number of quaternary nitrogens is 1. The van der Waals surface area contributed by atoms with Crippen LogP contribution >= 0.6 is 60.3 Å². The Hall–Kier alpha value is -1.48. The molecule has 214 valence electrons. The highest BCUT2D eigenvalue weighted by atomic mass is 35.5. The lowest BCUT2D eigenvalue weighted by molar-refractivity contribution is -0.896. The molecule has 1 amide bonds. The van der Waals surface area contributed by atoms with Crippen molar-refractivity contribution in [2.24, 2.45) is 17.0 Å². The molecule has 0 bridgehead atoms. The summed E-state index contributed by atoms with van der Waals surface area (Å²) in [7, 11) is 5.78. The molecule has 1 aromatic rings. The average molecular weight is 631 g/mol. The van der Waals surface area contributed by atoms with Crippen LogP contribution in [0.25, 0.3) is 0 Å². The zero-order valence-electron chi connectivity index (χ0n) is 21.3. The maximum absolute atomic E-state index is 12.9. The van der Waals surface area contributed by atoms with Gasteiger partial charge in [-0.1, -0.05) is 5.16 Å². The minimum absolute atomic E-state index is 0. The summed E-state index contributed by atoms with van der Waals surface area (Å²) in [6.07, 6.45) is 0. The van der Waals surface area contributed by atoms with Crippen LogP contribution in [0.1, 0.15) is 5.69 Å². The summed E-state index contributed by atoms with van der Waals surface area (Å²) in [6.45, 7) is 5.52. The molecule has 5 heterocycles. The normalized spacial score (nSPS) is 30.2. The minimum Gasteiger partial charge on any atom is -0.543 e. The summed E-state index contributed by atoms with van der Waals surface area (Å²) in [5, 5.41) is 20.8. The van der Waals surface area contributed by atoms with Crippen LogP contribution in [0, 0.1) is 11.8 Å². The SMILES string of the molecule is CO/N=C(\C(=O)N[C@@H]1CN2C(C(=O)[O-])=C(C[N+]3(C)CC4CN(C)CC4C3)CS[C@H]12)c1csc(N)n1.Cl.Cl.Cl. The molecule has 0 spiro atoms. The lowest BCUT2D eigenvalue weighted by atomic mass is 10.0. The van der Waals surface area contributed by atoms with Gasteiger partial charge in [0.05, 0.1) is 43.2 Å².